The van der Waals surface area contributed by atoms with E-state index >= 15 is 0 Å². The van der Waals surface area contributed by atoms with Crippen LogP contribution in [0.2, 0.25) is 0 Å². The SMILES string of the molecule is CCCCNS(=O)(=O)c1cc(CNCCC)oc1C. The molecule has 0 amide bonds. The van der Waals surface area contributed by atoms with E-state index in [1.54, 1.807) is 13.0 Å². The molecule has 0 saturated heterocycles. The van der Waals surface area contributed by atoms with Crippen LogP contribution >= 0.6 is 0 Å². The fourth-order valence-electron chi connectivity index (χ4n) is 1.73. The van der Waals surface area contributed by atoms with E-state index in [-0.39, 0.29) is 4.90 Å². The second kappa shape index (κ2) is 7.67. The Kier molecular flexibility index (Phi) is 6.54. The lowest BCUT2D eigenvalue weighted by atomic mass is 10.3. The number of hydrogen-bond acceptors (Lipinski definition) is 4. The molecule has 1 aromatic rings. The highest BCUT2D eigenvalue weighted by Gasteiger charge is 2.20. The van der Waals surface area contributed by atoms with Gasteiger partial charge in [-0.25, -0.2) is 13.1 Å². The molecule has 0 aliphatic heterocycles. The molecule has 0 fully saturated rings. The fourth-order valence-corrected chi connectivity index (χ4v) is 3.00. The number of nitrogens with one attached hydrogen (secondary N) is 2. The van der Waals surface area contributed by atoms with Gasteiger partial charge in [0.25, 0.3) is 0 Å². The summed E-state index contributed by atoms with van der Waals surface area (Å²) in [6.45, 7) is 7.68. The van der Waals surface area contributed by atoms with E-state index in [1.807, 2.05) is 6.92 Å². The van der Waals surface area contributed by atoms with Crippen molar-refractivity contribution in [2.45, 2.75) is 51.5 Å². The van der Waals surface area contributed by atoms with Gasteiger partial charge >= 0.3 is 0 Å². The Morgan fingerprint density at radius 2 is 1.95 bits per heavy atom. The molecule has 19 heavy (non-hydrogen) atoms. The van der Waals surface area contributed by atoms with Crippen molar-refractivity contribution in [2.24, 2.45) is 0 Å². The summed E-state index contributed by atoms with van der Waals surface area (Å²) >= 11 is 0. The molecule has 1 rings (SSSR count). The monoisotopic (exact) mass is 288 g/mol. The van der Waals surface area contributed by atoms with Crippen LogP contribution < -0.4 is 10.0 Å². The molecule has 0 radical (unpaired) electrons. The van der Waals surface area contributed by atoms with Gasteiger partial charge in [0.2, 0.25) is 10.0 Å². The molecule has 2 N–H and O–H groups in total. The zero-order chi connectivity index (χ0) is 14.3. The maximum Gasteiger partial charge on any atom is 0.244 e. The summed E-state index contributed by atoms with van der Waals surface area (Å²) in [5.41, 5.74) is 0. The highest BCUT2D eigenvalue weighted by molar-refractivity contribution is 7.89. The van der Waals surface area contributed by atoms with Crippen molar-refractivity contribution in [3.8, 4) is 0 Å². The molecule has 0 bridgehead atoms. The number of furan rings is 1. The van der Waals surface area contributed by atoms with E-state index < -0.39 is 10.0 Å². The molecule has 0 aromatic carbocycles. The average Bonchev–Trinajstić information content (AvgIpc) is 2.72. The van der Waals surface area contributed by atoms with E-state index in [0.717, 1.165) is 25.8 Å². The maximum absolute atomic E-state index is 12.1. The lowest BCUT2D eigenvalue weighted by molar-refractivity contribution is 0.457. The molecule has 0 saturated carbocycles. The van der Waals surface area contributed by atoms with Crippen molar-refractivity contribution in [2.75, 3.05) is 13.1 Å². The summed E-state index contributed by atoms with van der Waals surface area (Å²) in [5.74, 6) is 1.10. The fraction of sp³-hybridized carbons (Fsp3) is 0.692. The molecule has 110 valence electrons. The molecule has 0 atom stereocenters. The van der Waals surface area contributed by atoms with Gasteiger partial charge in [-0.15, -0.1) is 0 Å². The van der Waals surface area contributed by atoms with E-state index in [0.29, 0.717) is 24.6 Å². The van der Waals surface area contributed by atoms with Crippen molar-refractivity contribution in [1.82, 2.24) is 10.0 Å². The third kappa shape index (κ3) is 4.97. The van der Waals surface area contributed by atoms with Crippen LogP contribution in [0.3, 0.4) is 0 Å². The van der Waals surface area contributed by atoms with Crippen molar-refractivity contribution >= 4 is 10.0 Å². The predicted octanol–water partition coefficient (Wildman–Crippen LogP) is 2.17. The summed E-state index contributed by atoms with van der Waals surface area (Å²) in [4.78, 5) is 0.247. The molecular formula is C13H24N2O3S. The van der Waals surface area contributed by atoms with E-state index in [9.17, 15) is 8.42 Å². The topological polar surface area (TPSA) is 71.3 Å². The molecule has 5 nitrogen and oxygen atoms in total. The van der Waals surface area contributed by atoms with Crippen molar-refractivity contribution in [1.29, 1.82) is 0 Å². The minimum Gasteiger partial charge on any atom is -0.464 e. The molecule has 0 aliphatic carbocycles. The van der Waals surface area contributed by atoms with Crippen LogP contribution in [-0.4, -0.2) is 21.5 Å². The van der Waals surface area contributed by atoms with Crippen LogP contribution in [0.4, 0.5) is 0 Å². The minimum absolute atomic E-state index is 0.247. The Labute approximate surface area is 115 Å². The van der Waals surface area contributed by atoms with Gasteiger partial charge in [-0.1, -0.05) is 20.3 Å². The maximum atomic E-state index is 12.1. The molecular weight excluding hydrogens is 264 g/mol. The van der Waals surface area contributed by atoms with Gasteiger partial charge < -0.3 is 9.73 Å². The first-order chi connectivity index (χ1) is 9.01. The molecule has 6 heteroatoms. The summed E-state index contributed by atoms with van der Waals surface area (Å²) in [6.07, 6.45) is 2.82. The minimum atomic E-state index is -3.44. The zero-order valence-corrected chi connectivity index (χ0v) is 12.8. The first-order valence-electron chi connectivity index (χ1n) is 6.81. The first-order valence-corrected chi connectivity index (χ1v) is 8.29. The van der Waals surface area contributed by atoms with Crippen molar-refractivity contribution < 1.29 is 12.8 Å². The summed E-state index contributed by atoms with van der Waals surface area (Å²) in [6, 6.07) is 1.60. The van der Waals surface area contributed by atoms with Crippen LogP contribution in [0.25, 0.3) is 0 Å². The van der Waals surface area contributed by atoms with Crippen molar-refractivity contribution in [3.05, 3.63) is 17.6 Å². The largest absolute Gasteiger partial charge is 0.464 e. The molecule has 0 spiro atoms. The lowest BCUT2D eigenvalue weighted by Crippen LogP contribution is -2.24. The van der Waals surface area contributed by atoms with Crippen LogP contribution in [-0.2, 0) is 16.6 Å². The Balaban J connectivity index is 2.71. The Bertz CT molecular complexity index is 480. The number of aryl methyl sites for hydroxylation is 1. The smallest absolute Gasteiger partial charge is 0.244 e. The first kappa shape index (κ1) is 16.2. The van der Waals surface area contributed by atoms with Gasteiger partial charge in [-0.2, -0.15) is 0 Å². The second-order valence-corrected chi connectivity index (χ2v) is 6.30. The Morgan fingerprint density at radius 3 is 2.58 bits per heavy atom. The van der Waals surface area contributed by atoms with Crippen LogP contribution in [0.5, 0.6) is 0 Å². The molecule has 0 unspecified atom stereocenters. The lowest BCUT2D eigenvalue weighted by Gasteiger charge is -2.03. The van der Waals surface area contributed by atoms with Gasteiger partial charge in [0.05, 0.1) is 6.54 Å². The van der Waals surface area contributed by atoms with E-state index in [2.05, 4.69) is 17.0 Å². The van der Waals surface area contributed by atoms with Gasteiger partial charge in [0.15, 0.2) is 0 Å². The number of unbranched alkanes of at least 4 members (excludes halogenated alkanes) is 1. The zero-order valence-electron chi connectivity index (χ0n) is 12.0. The number of sulfonamides is 1. The van der Waals surface area contributed by atoms with Gasteiger partial charge in [0, 0.05) is 12.6 Å². The third-order valence-electron chi connectivity index (χ3n) is 2.76. The van der Waals surface area contributed by atoms with E-state index in [1.165, 1.54) is 0 Å². The Morgan fingerprint density at radius 1 is 1.21 bits per heavy atom. The second-order valence-electron chi connectivity index (χ2n) is 4.56. The summed E-state index contributed by atoms with van der Waals surface area (Å²) in [7, 11) is -3.44. The van der Waals surface area contributed by atoms with Gasteiger partial charge in [-0.05, 0) is 26.3 Å². The van der Waals surface area contributed by atoms with Crippen molar-refractivity contribution in [3.63, 3.8) is 0 Å². The quantitative estimate of drug-likeness (QED) is 0.683. The number of rotatable bonds is 9. The molecule has 0 aliphatic rings. The van der Waals surface area contributed by atoms with Crippen LogP contribution in [0.15, 0.2) is 15.4 Å². The van der Waals surface area contributed by atoms with E-state index in [4.69, 9.17) is 4.42 Å². The molecule has 1 heterocycles. The van der Waals surface area contributed by atoms with Crippen LogP contribution in [0.1, 0.15) is 44.6 Å². The third-order valence-corrected chi connectivity index (χ3v) is 4.33. The highest BCUT2D eigenvalue weighted by atomic mass is 32.2. The van der Waals surface area contributed by atoms with Gasteiger partial charge in [-0.3, -0.25) is 0 Å². The normalized spacial score (nSPS) is 11.9. The predicted molar refractivity (Wildman–Crippen MR) is 75.5 cm³/mol. The van der Waals surface area contributed by atoms with Gasteiger partial charge in [0.1, 0.15) is 16.4 Å². The van der Waals surface area contributed by atoms with Crippen LogP contribution in [0, 0.1) is 6.92 Å². The Hall–Kier alpha value is -0.850. The standard InChI is InChI=1S/C13H24N2O3S/c1-4-6-8-15-19(16,17)13-9-12(18-11(13)3)10-14-7-5-2/h9,14-15H,4-8,10H2,1-3H3. The summed E-state index contributed by atoms with van der Waals surface area (Å²) < 4.78 is 32.2. The number of hydrogen-bond donors (Lipinski definition) is 2. The summed E-state index contributed by atoms with van der Waals surface area (Å²) in [5, 5.41) is 3.19. The highest BCUT2D eigenvalue weighted by Crippen LogP contribution is 2.19. The average molecular weight is 288 g/mol. The molecule has 1 aromatic heterocycles.